The van der Waals surface area contributed by atoms with Crippen LogP contribution in [0.2, 0.25) is 10.0 Å². The van der Waals surface area contributed by atoms with Crippen LogP contribution in [0.5, 0.6) is 5.75 Å². The fourth-order valence-electron chi connectivity index (χ4n) is 4.32. The number of amides is 1. The van der Waals surface area contributed by atoms with Crippen molar-refractivity contribution in [3.63, 3.8) is 0 Å². The smallest absolute Gasteiger partial charge is 0.271 e. The quantitative estimate of drug-likeness (QED) is 0.333. The van der Waals surface area contributed by atoms with Gasteiger partial charge in [0, 0.05) is 15.7 Å². The number of hydrogen-bond donors (Lipinski definition) is 1. The summed E-state index contributed by atoms with van der Waals surface area (Å²) in [5.74, 6) is 0.378. The van der Waals surface area contributed by atoms with Crippen LogP contribution in [-0.4, -0.2) is 17.1 Å². The Kier molecular flexibility index (Phi) is 7.51. The second-order valence-corrected chi connectivity index (χ2v) is 10.4. The Hall–Kier alpha value is -3.65. The summed E-state index contributed by atoms with van der Waals surface area (Å²) in [5.41, 5.74) is 2.74. The molecule has 0 bridgehead atoms. The number of halogens is 2. The van der Waals surface area contributed by atoms with E-state index in [1.165, 1.54) is 11.3 Å². The molecule has 1 amide bonds. The van der Waals surface area contributed by atoms with Crippen molar-refractivity contribution in [2.24, 2.45) is 4.99 Å². The molecule has 192 valence electrons. The maximum Gasteiger partial charge on any atom is 0.271 e. The van der Waals surface area contributed by atoms with Gasteiger partial charge in [-0.2, -0.15) is 0 Å². The maximum atomic E-state index is 13.8. The molecule has 0 saturated heterocycles. The first-order valence-electron chi connectivity index (χ1n) is 11.9. The van der Waals surface area contributed by atoms with Crippen molar-refractivity contribution in [1.82, 2.24) is 4.57 Å². The Morgan fingerprint density at radius 1 is 1.11 bits per heavy atom. The Balaban J connectivity index is 1.67. The number of nitrogens with zero attached hydrogens (tertiary/aromatic N) is 2. The number of anilines is 1. The number of fused-ring (bicyclic) bond motifs is 1. The lowest BCUT2D eigenvalue weighted by Gasteiger charge is -2.25. The van der Waals surface area contributed by atoms with Crippen molar-refractivity contribution < 1.29 is 9.53 Å². The molecule has 1 aliphatic rings. The van der Waals surface area contributed by atoms with Gasteiger partial charge in [-0.3, -0.25) is 14.2 Å². The van der Waals surface area contributed by atoms with Crippen LogP contribution in [0.4, 0.5) is 5.69 Å². The molecule has 0 spiro atoms. The van der Waals surface area contributed by atoms with Gasteiger partial charge in [0.1, 0.15) is 5.75 Å². The summed E-state index contributed by atoms with van der Waals surface area (Å²) in [4.78, 5) is 32.6. The third-order valence-corrected chi connectivity index (χ3v) is 7.60. The Morgan fingerprint density at radius 2 is 1.84 bits per heavy atom. The van der Waals surface area contributed by atoms with Crippen molar-refractivity contribution in [2.75, 3.05) is 11.9 Å². The number of ether oxygens (including phenoxy) is 1. The minimum absolute atomic E-state index is 0.267. The standard InChI is InChI=1S/C29H23Cl2N3O3S/c1-3-37-22-13-10-18(11-14-22)26-25(27(35)33-21-7-5-4-6-8-21)17(2)32-29-34(26)28(36)24(38-29)15-19-9-12-20(30)16-23(19)31/h4-16,26H,3H2,1-2H3,(H,33,35)/b24-15-/t26-/m1/s1. The zero-order valence-electron chi connectivity index (χ0n) is 20.6. The number of benzene rings is 3. The summed E-state index contributed by atoms with van der Waals surface area (Å²) in [7, 11) is 0. The van der Waals surface area contributed by atoms with Gasteiger partial charge < -0.3 is 10.1 Å². The highest BCUT2D eigenvalue weighted by molar-refractivity contribution is 7.07. The zero-order valence-corrected chi connectivity index (χ0v) is 22.9. The number of carbonyl (C=O) groups excluding carboxylic acids is 1. The molecule has 1 aromatic heterocycles. The van der Waals surface area contributed by atoms with Gasteiger partial charge in [0.15, 0.2) is 4.80 Å². The van der Waals surface area contributed by atoms with E-state index in [9.17, 15) is 9.59 Å². The average Bonchev–Trinajstić information content (AvgIpc) is 3.20. The van der Waals surface area contributed by atoms with Crippen LogP contribution in [0.15, 0.2) is 93.9 Å². The largest absolute Gasteiger partial charge is 0.494 e. The number of para-hydroxylation sites is 1. The summed E-state index contributed by atoms with van der Waals surface area (Å²) in [6, 6.07) is 21.0. The van der Waals surface area contributed by atoms with Crippen LogP contribution in [0.25, 0.3) is 6.08 Å². The Bertz CT molecular complexity index is 1730. The van der Waals surface area contributed by atoms with Crippen LogP contribution in [-0.2, 0) is 4.79 Å². The van der Waals surface area contributed by atoms with Gasteiger partial charge in [-0.25, -0.2) is 4.99 Å². The fourth-order valence-corrected chi connectivity index (χ4v) is 5.82. The minimum atomic E-state index is -0.687. The lowest BCUT2D eigenvalue weighted by atomic mass is 9.95. The average molecular weight is 564 g/mol. The lowest BCUT2D eigenvalue weighted by Crippen LogP contribution is -2.40. The molecule has 0 fully saturated rings. The number of allylic oxidation sites excluding steroid dienone is 1. The first kappa shape index (κ1) is 26.0. The molecule has 1 N–H and O–H groups in total. The molecule has 2 heterocycles. The summed E-state index contributed by atoms with van der Waals surface area (Å²) in [6.45, 7) is 4.23. The number of nitrogens with one attached hydrogen (secondary N) is 1. The number of aromatic nitrogens is 1. The van der Waals surface area contributed by atoms with Crippen LogP contribution in [0.1, 0.15) is 31.0 Å². The summed E-state index contributed by atoms with van der Waals surface area (Å²) >= 11 is 13.7. The van der Waals surface area contributed by atoms with Gasteiger partial charge in [0.2, 0.25) is 0 Å². The molecular formula is C29H23Cl2N3O3S. The number of thiazole rings is 1. The molecule has 3 aromatic carbocycles. The molecule has 0 unspecified atom stereocenters. The first-order valence-corrected chi connectivity index (χ1v) is 13.5. The first-order chi connectivity index (χ1) is 18.4. The molecule has 6 nitrogen and oxygen atoms in total. The molecule has 0 aliphatic carbocycles. The van der Waals surface area contributed by atoms with E-state index in [4.69, 9.17) is 27.9 Å². The second kappa shape index (κ2) is 11.0. The molecule has 0 saturated carbocycles. The van der Waals surface area contributed by atoms with E-state index in [1.54, 1.807) is 35.8 Å². The molecule has 0 radical (unpaired) electrons. The van der Waals surface area contributed by atoms with Crippen LogP contribution >= 0.6 is 34.5 Å². The van der Waals surface area contributed by atoms with E-state index in [1.807, 2.05) is 61.5 Å². The minimum Gasteiger partial charge on any atom is -0.494 e. The van der Waals surface area contributed by atoms with E-state index in [0.717, 1.165) is 5.56 Å². The highest BCUT2D eigenvalue weighted by Crippen LogP contribution is 2.32. The normalized spacial score (nSPS) is 15.2. The van der Waals surface area contributed by atoms with E-state index in [-0.39, 0.29) is 11.5 Å². The van der Waals surface area contributed by atoms with Crippen LogP contribution in [0, 0.1) is 0 Å². The van der Waals surface area contributed by atoms with Gasteiger partial charge in [0.05, 0.1) is 28.5 Å². The molecule has 9 heteroatoms. The SMILES string of the molecule is CCOc1ccc([C@@H]2C(C(=O)Nc3ccccc3)=C(C)N=c3s/c(=C\c4ccc(Cl)cc4Cl)c(=O)n32)cc1. The molecule has 4 aromatic rings. The van der Waals surface area contributed by atoms with Gasteiger partial charge >= 0.3 is 0 Å². The highest BCUT2D eigenvalue weighted by Gasteiger charge is 2.32. The van der Waals surface area contributed by atoms with Crippen LogP contribution < -0.4 is 24.9 Å². The molecule has 1 aliphatic heterocycles. The van der Waals surface area contributed by atoms with Gasteiger partial charge in [0.25, 0.3) is 11.5 Å². The van der Waals surface area contributed by atoms with Gasteiger partial charge in [-0.15, -0.1) is 0 Å². The zero-order chi connectivity index (χ0) is 26.8. The van der Waals surface area contributed by atoms with Crippen molar-refractivity contribution in [3.05, 3.63) is 125 Å². The molecular weight excluding hydrogens is 541 g/mol. The molecule has 5 rings (SSSR count). The molecule has 38 heavy (non-hydrogen) atoms. The monoisotopic (exact) mass is 563 g/mol. The number of hydrogen-bond acceptors (Lipinski definition) is 5. The summed E-state index contributed by atoms with van der Waals surface area (Å²) in [5, 5.41) is 3.90. The van der Waals surface area contributed by atoms with Crippen molar-refractivity contribution in [3.8, 4) is 5.75 Å². The topological polar surface area (TPSA) is 72.7 Å². The van der Waals surface area contributed by atoms with E-state index in [0.29, 0.717) is 54.3 Å². The van der Waals surface area contributed by atoms with Crippen molar-refractivity contribution in [2.45, 2.75) is 19.9 Å². The summed E-state index contributed by atoms with van der Waals surface area (Å²) in [6.07, 6.45) is 1.72. The Labute approximate surface area is 233 Å². The van der Waals surface area contributed by atoms with Gasteiger partial charge in [-0.1, -0.05) is 70.9 Å². The maximum absolute atomic E-state index is 13.8. The van der Waals surface area contributed by atoms with E-state index in [2.05, 4.69) is 10.3 Å². The number of carbonyl (C=O) groups is 1. The highest BCUT2D eigenvalue weighted by atomic mass is 35.5. The second-order valence-electron chi connectivity index (χ2n) is 8.57. The lowest BCUT2D eigenvalue weighted by molar-refractivity contribution is -0.113. The van der Waals surface area contributed by atoms with E-state index >= 15 is 0 Å². The fraction of sp³-hybridized carbons (Fsp3) is 0.138. The van der Waals surface area contributed by atoms with Crippen LogP contribution in [0.3, 0.4) is 0 Å². The third kappa shape index (κ3) is 5.18. The predicted molar refractivity (Wildman–Crippen MR) is 153 cm³/mol. The summed E-state index contributed by atoms with van der Waals surface area (Å²) < 4.78 is 7.62. The predicted octanol–water partition coefficient (Wildman–Crippen LogP) is 5.58. The van der Waals surface area contributed by atoms with Crippen molar-refractivity contribution in [1.29, 1.82) is 0 Å². The van der Waals surface area contributed by atoms with Gasteiger partial charge in [-0.05, 0) is 67.4 Å². The third-order valence-electron chi connectivity index (χ3n) is 6.05. The number of rotatable bonds is 6. The Morgan fingerprint density at radius 3 is 2.53 bits per heavy atom. The van der Waals surface area contributed by atoms with E-state index < -0.39 is 6.04 Å². The van der Waals surface area contributed by atoms with Crippen molar-refractivity contribution >= 4 is 52.2 Å². The molecule has 1 atom stereocenters.